The maximum absolute atomic E-state index is 12.5. The van der Waals surface area contributed by atoms with Crippen LogP contribution in [0.4, 0.5) is 0 Å². The zero-order chi connectivity index (χ0) is 20.9. The van der Waals surface area contributed by atoms with E-state index in [-0.39, 0.29) is 17.9 Å². The maximum atomic E-state index is 12.5. The minimum atomic E-state index is -0.421. The SMILES string of the molecule is CO[C@]12C[C@@H](COC(=O)c3cncc(Br)c3)CN(C)[C@@H]1Cc1c[nH]c3cccc2c13. The fourth-order valence-electron chi connectivity index (χ4n) is 5.35. The van der Waals surface area contributed by atoms with Crippen molar-refractivity contribution < 1.29 is 14.3 Å². The van der Waals surface area contributed by atoms with Gasteiger partial charge in [-0.15, -0.1) is 0 Å². The van der Waals surface area contributed by atoms with Crippen LogP contribution in [0.5, 0.6) is 0 Å². The molecule has 1 aliphatic heterocycles. The highest BCUT2D eigenvalue weighted by Gasteiger charge is 2.51. The number of benzene rings is 1. The Hall–Kier alpha value is -2.22. The number of likely N-dealkylation sites (tertiary alicyclic amines) is 1. The monoisotopic (exact) mass is 469 g/mol. The van der Waals surface area contributed by atoms with Gasteiger partial charge in [0, 0.05) is 59.6 Å². The number of hydrogen-bond acceptors (Lipinski definition) is 5. The zero-order valence-corrected chi connectivity index (χ0v) is 18.6. The summed E-state index contributed by atoms with van der Waals surface area (Å²) in [5.74, 6) is -0.176. The molecule has 6 nitrogen and oxygen atoms in total. The molecule has 3 atom stereocenters. The molecule has 0 bridgehead atoms. The topological polar surface area (TPSA) is 67.5 Å². The molecule has 1 saturated heterocycles. The number of aromatic nitrogens is 2. The van der Waals surface area contributed by atoms with Gasteiger partial charge in [0.2, 0.25) is 0 Å². The lowest BCUT2D eigenvalue weighted by Gasteiger charge is -2.53. The largest absolute Gasteiger partial charge is 0.462 e. The number of carbonyl (C=O) groups excluding carboxylic acids is 1. The van der Waals surface area contributed by atoms with Crippen molar-refractivity contribution in [2.45, 2.75) is 24.5 Å². The number of nitrogens with zero attached hydrogens (tertiary/aromatic N) is 2. The number of piperidine rings is 1. The summed E-state index contributed by atoms with van der Waals surface area (Å²) in [6, 6.07) is 8.36. The molecule has 5 rings (SSSR count). The zero-order valence-electron chi connectivity index (χ0n) is 17.0. The summed E-state index contributed by atoms with van der Waals surface area (Å²) in [4.78, 5) is 22.3. The van der Waals surface area contributed by atoms with Crippen LogP contribution in [0.15, 0.2) is 47.3 Å². The molecule has 0 amide bonds. The number of ether oxygens (including phenoxy) is 2. The molecule has 1 N–H and O–H groups in total. The van der Waals surface area contributed by atoms with Crippen molar-refractivity contribution >= 4 is 32.8 Å². The maximum Gasteiger partial charge on any atom is 0.339 e. The van der Waals surface area contributed by atoms with E-state index in [1.54, 1.807) is 19.4 Å². The number of pyridine rings is 1. The fraction of sp³-hybridized carbons (Fsp3) is 0.391. The molecule has 1 aromatic carbocycles. The number of rotatable bonds is 4. The lowest BCUT2D eigenvalue weighted by molar-refractivity contribution is -0.131. The number of H-pyrrole nitrogens is 1. The van der Waals surface area contributed by atoms with E-state index in [0.29, 0.717) is 12.2 Å². The van der Waals surface area contributed by atoms with Gasteiger partial charge in [0.1, 0.15) is 5.60 Å². The van der Waals surface area contributed by atoms with Gasteiger partial charge in [0.15, 0.2) is 0 Å². The number of likely N-dealkylation sites (N-methyl/N-ethyl adjacent to an activating group) is 1. The molecule has 2 aromatic heterocycles. The molecule has 1 aliphatic carbocycles. The van der Waals surface area contributed by atoms with Gasteiger partial charge >= 0.3 is 5.97 Å². The molecular weight excluding hydrogens is 446 g/mol. The van der Waals surface area contributed by atoms with Gasteiger partial charge in [-0.3, -0.25) is 9.88 Å². The van der Waals surface area contributed by atoms with Crippen LogP contribution >= 0.6 is 15.9 Å². The lowest BCUT2D eigenvalue weighted by atomic mass is 9.69. The Balaban J connectivity index is 1.42. The van der Waals surface area contributed by atoms with E-state index in [2.05, 4.69) is 62.2 Å². The van der Waals surface area contributed by atoms with Crippen molar-refractivity contribution in [3.05, 3.63) is 64.0 Å². The second-order valence-electron chi connectivity index (χ2n) is 8.36. The highest BCUT2D eigenvalue weighted by Crippen LogP contribution is 2.49. The second kappa shape index (κ2) is 7.48. The first-order chi connectivity index (χ1) is 14.5. The van der Waals surface area contributed by atoms with Gasteiger partial charge in [-0.1, -0.05) is 12.1 Å². The van der Waals surface area contributed by atoms with Crippen LogP contribution in [0.1, 0.15) is 27.9 Å². The van der Waals surface area contributed by atoms with E-state index in [0.717, 1.165) is 29.4 Å². The molecule has 0 spiro atoms. The molecule has 3 aromatic rings. The average Bonchev–Trinajstić information content (AvgIpc) is 3.17. The minimum absolute atomic E-state index is 0.172. The first-order valence-corrected chi connectivity index (χ1v) is 10.9. The Morgan fingerprint density at radius 3 is 3.07 bits per heavy atom. The number of carbonyl (C=O) groups is 1. The van der Waals surface area contributed by atoms with Gasteiger partial charge in [-0.2, -0.15) is 0 Å². The Morgan fingerprint density at radius 2 is 2.27 bits per heavy atom. The smallest absolute Gasteiger partial charge is 0.339 e. The predicted octanol–water partition coefficient (Wildman–Crippen LogP) is 3.90. The number of fused-ring (bicyclic) bond motifs is 2. The van der Waals surface area contributed by atoms with Gasteiger partial charge in [0.05, 0.1) is 12.2 Å². The fourth-order valence-corrected chi connectivity index (χ4v) is 5.71. The standard InChI is InChI=1S/C23H24BrN3O3/c1-27-12-14(13-30-22(28)16-6-17(24)11-25-9-16)8-23(29-2)18-4-3-5-19-21(18)15(10-26-19)7-20(23)27/h3-6,9-11,14,20,26H,7-8,12-13H2,1-2H3/t14-,20-,23+/m1/s1. The molecule has 0 saturated carbocycles. The Bertz CT molecular complexity index is 1110. The van der Waals surface area contributed by atoms with E-state index in [4.69, 9.17) is 9.47 Å². The van der Waals surface area contributed by atoms with E-state index < -0.39 is 5.60 Å². The highest BCUT2D eigenvalue weighted by molar-refractivity contribution is 9.10. The van der Waals surface area contributed by atoms with E-state index >= 15 is 0 Å². The Labute approximate surface area is 183 Å². The number of aromatic amines is 1. The van der Waals surface area contributed by atoms with Crippen molar-refractivity contribution in [2.75, 3.05) is 27.3 Å². The third kappa shape index (κ3) is 3.07. The molecule has 3 heterocycles. The number of halogens is 1. The van der Waals surface area contributed by atoms with Crippen molar-refractivity contribution in [1.82, 2.24) is 14.9 Å². The van der Waals surface area contributed by atoms with Gasteiger partial charge in [0.25, 0.3) is 0 Å². The molecule has 0 unspecified atom stereocenters. The van der Waals surface area contributed by atoms with Gasteiger partial charge < -0.3 is 14.5 Å². The molecule has 2 aliphatic rings. The van der Waals surface area contributed by atoms with Crippen LogP contribution < -0.4 is 0 Å². The molecule has 30 heavy (non-hydrogen) atoms. The van der Waals surface area contributed by atoms with Crippen molar-refractivity contribution in [2.24, 2.45) is 5.92 Å². The van der Waals surface area contributed by atoms with Crippen LogP contribution in [0.2, 0.25) is 0 Å². The Morgan fingerprint density at radius 1 is 1.40 bits per heavy atom. The lowest BCUT2D eigenvalue weighted by Crippen LogP contribution is -2.59. The van der Waals surface area contributed by atoms with Crippen molar-refractivity contribution in [3.63, 3.8) is 0 Å². The second-order valence-corrected chi connectivity index (χ2v) is 9.27. The Kier molecular flexibility index (Phi) is 4.92. The van der Waals surface area contributed by atoms with Crippen LogP contribution in [0.25, 0.3) is 10.9 Å². The molecule has 7 heteroatoms. The van der Waals surface area contributed by atoms with Crippen LogP contribution in [-0.4, -0.2) is 54.2 Å². The normalized spacial score (nSPS) is 25.8. The summed E-state index contributed by atoms with van der Waals surface area (Å²) in [5, 5.41) is 1.28. The summed E-state index contributed by atoms with van der Waals surface area (Å²) in [6.07, 6.45) is 7.06. The molecule has 1 fully saturated rings. The number of methoxy groups -OCH3 is 1. The number of hydrogen-bond donors (Lipinski definition) is 1. The van der Waals surface area contributed by atoms with Crippen LogP contribution in [-0.2, 0) is 21.5 Å². The van der Waals surface area contributed by atoms with E-state index in [1.165, 1.54) is 22.7 Å². The summed E-state index contributed by atoms with van der Waals surface area (Å²) >= 11 is 3.35. The predicted molar refractivity (Wildman–Crippen MR) is 117 cm³/mol. The number of esters is 1. The summed E-state index contributed by atoms with van der Waals surface area (Å²) in [7, 11) is 3.95. The van der Waals surface area contributed by atoms with Crippen LogP contribution in [0.3, 0.4) is 0 Å². The summed E-state index contributed by atoms with van der Waals surface area (Å²) < 4.78 is 12.7. The first-order valence-electron chi connectivity index (χ1n) is 10.1. The van der Waals surface area contributed by atoms with Crippen molar-refractivity contribution in [3.8, 4) is 0 Å². The van der Waals surface area contributed by atoms with Gasteiger partial charge in [-0.05, 0) is 59.1 Å². The third-order valence-corrected chi connectivity index (χ3v) is 7.05. The van der Waals surface area contributed by atoms with E-state index in [1.807, 2.05) is 0 Å². The quantitative estimate of drug-likeness (QED) is 0.586. The number of nitrogens with one attached hydrogen (secondary N) is 1. The van der Waals surface area contributed by atoms with E-state index in [9.17, 15) is 4.79 Å². The van der Waals surface area contributed by atoms with Crippen LogP contribution in [0, 0.1) is 5.92 Å². The molecular formula is C23H24BrN3O3. The average molecular weight is 470 g/mol. The summed E-state index contributed by atoms with van der Waals surface area (Å²) in [5.41, 5.74) is 3.75. The van der Waals surface area contributed by atoms with Crippen molar-refractivity contribution in [1.29, 1.82) is 0 Å². The summed E-state index contributed by atoms with van der Waals surface area (Å²) in [6.45, 7) is 1.21. The van der Waals surface area contributed by atoms with Gasteiger partial charge in [-0.25, -0.2) is 4.79 Å². The molecule has 156 valence electrons. The highest BCUT2D eigenvalue weighted by atomic mass is 79.9. The first kappa shape index (κ1) is 19.7. The molecule has 0 radical (unpaired) electrons. The minimum Gasteiger partial charge on any atom is -0.462 e. The third-order valence-electron chi connectivity index (χ3n) is 6.62.